The molecule has 0 radical (unpaired) electrons. The van der Waals surface area contributed by atoms with Crippen LogP contribution in [0.1, 0.15) is 21.5 Å². The predicted octanol–water partition coefficient (Wildman–Crippen LogP) is 4.66. The molecular formula is C19H14O2. The second-order valence-electron chi connectivity index (χ2n) is 4.83. The quantitative estimate of drug-likeness (QED) is 0.754. The van der Waals surface area contributed by atoms with E-state index in [0.29, 0.717) is 5.56 Å². The Balaban J connectivity index is 1.87. The molecular weight excluding hydrogens is 260 g/mol. The van der Waals surface area contributed by atoms with E-state index in [0.717, 1.165) is 11.1 Å². The molecule has 2 aliphatic carbocycles. The summed E-state index contributed by atoms with van der Waals surface area (Å²) in [5.41, 5.74) is 4.86. The molecule has 1 aromatic carbocycles. The summed E-state index contributed by atoms with van der Waals surface area (Å²) in [7, 11) is 0. The summed E-state index contributed by atoms with van der Waals surface area (Å²) in [5, 5.41) is 8.88. The third-order valence-corrected chi connectivity index (χ3v) is 3.44. The number of fused-ring (bicyclic) bond motifs is 1. The Morgan fingerprint density at radius 1 is 0.810 bits per heavy atom. The lowest BCUT2D eigenvalue weighted by molar-refractivity contribution is 0.0697. The van der Waals surface area contributed by atoms with Gasteiger partial charge in [0.25, 0.3) is 0 Å². The van der Waals surface area contributed by atoms with Crippen LogP contribution in [0.4, 0.5) is 0 Å². The minimum atomic E-state index is -0.903. The van der Waals surface area contributed by atoms with Crippen LogP contribution >= 0.6 is 0 Å². The lowest BCUT2D eigenvalue weighted by Gasteiger charge is -1.97. The lowest BCUT2D eigenvalue weighted by atomic mass is 10.1. The Hall–Kier alpha value is -2.87. The van der Waals surface area contributed by atoms with Crippen LogP contribution in [-0.2, 0) is 0 Å². The Kier molecular flexibility index (Phi) is 3.52. The highest BCUT2D eigenvalue weighted by Crippen LogP contribution is 2.28. The molecule has 0 aliphatic heterocycles. The second-order valence-corrected chi connectivity index (χ2v) is 4.83. The summed E-state index contributed by atoms with van der Waals surface area (Å²) in [6.07, 6.45) is 4.05. The Labute approximate surface area is 123 Å². The van der Waals surface area contributed by atoms with Gasteiger partial charge in [-0.15, -0.1) is 0 Å². The van der Waals surface area contributed by atoms with E-state index in [1.807, 2.05) is 36.4 Å². The van der Waals surface area contributed by atoms with Crippen LogP contribution < -0.4 is 0 Å². The summed E-state index contributed by atoms with van der Waals surface area (Å²) in [6, 6.07) is 21.3. The number of carbonyl (C=O) groups is 1. The highest BCUT2D eigenvalue weighted by atomic mass is 16.4. The van der Waals surface area contributed by atoms with Crippen LogP contribution in [0.15, 0.2) is 66.7 Å². The average molecular weight is 274 g/mol. The smallest absolute Gasteiger partial charge is 0.335 e. The van der Waals surface area contributed by atoms with Gasteiger partial charge in [0.1, 0.15) is 0 Å². The molecule has 0 spiro atoms. The van der Waals surface area contributed by atoms with Crippen molar-refractivity contribution in [3.05, 3.63) is 83.4 Å². The number of carboxylic acids is 1. The van der Waals surface area contributed by atoms with E-state index in [4.69, 9.17) is 5.11 Å². The number of rotatable bonds is 3. The third kappa shape index (κ3) is 2.84. The first-order valence-corrected chi connectivity index (χ1v) is 6.73. The molecule has 0 fully saturated rings. The van der Waals surface area contributed by atoms with E-state index in [-0.39, 0.29) is 0 Å². The van der Waals surface area contributed by atoms with Gasteiger partial charge in [0.05, 0.1) is 5.56 Å². The van der Waals surface area contributed by atoms with Gasteiger partial charge in [-0.2, -0.15) is 0 Å². The van der Waals surface area contributed by atoms with Crippen molar-refractivity contribution in [1.29, 1.82) is 0 Å². The fourth-order valence-electron chi connectivity index (χ4n) is 2.31. The van der Waals surface area contributed by atoms with Crippen molar-refractivity contribution >= 4 is 18.1 Å². The van der Waals surface area contributed by atoms with Crippen LogP contribution in [0.3, 0.4) is 0 Å². The van der Waals surface area contributed by atoms with E-state index in [9.17, 15) is 4.79 Å². The molecule has 0 bridgehead atoms. The van der Waals surface area contributed by atoms with Crippen molar-refractivity contribution in [1.82, 2.24) is 0 Å². The summed E-state index contributed by atoms with van der Waals surface area (Å²) >= 11 is 0. The van der Waals surface area contributed by atoms with Gasteiger partial charge in [-0.25, -0.2) is 4.79 Å². The Morgan fingerprint density at radius 2 is 1.57 bits per heavy atom. The number of benzene rings is 1. The van der Waals surface area contributed by atoms with Crippen molar-refractivity contribution in [3.8, 4) is 11.1 Å². The SMILES string of the molecule is O=C(O)c1ccc(/C=C/c2ccc3cccccc2-3)cc1. The maximum atomic E-state index is 10.8. The molecule has 0 aromatic heterocycles. The molecule has 2 heteroatoms. The minimum absolute atomic E-state index is 0.304. The van der Waals surface area contributed by atoms with E-state index in [1.165, 1.54) is 11.1 Å². The fourth-order valence-corrected chi connectivity index (χ4v) is 2.31. The summed E-state index contributed by atoms with van der Waals surface area (Å²) in [4.78, 5) is 10.8. The van der Waals surface area contributed by atoms with Crippen LogP contribution in [0.5, 0.6) is 0 Å². The molecule has 1 N–H and O–H groups in total. The normalized spacial score (nSPS) is 11.0. The second kappa shape index (κ2) is 5.63. The zero-order valence-electron chi connectivity index (χ0n) is 11.4. The molecule has 0 atom stereocenters. The van der Waals surface area contributed by atoms with Gasteiger partial charge in [0.2, 0.25) is 0 Å². The fraction of sp³-hybridized carbons (Fsp3) is 0. The van der Waals surface area contributed by atoms with Crippen LogP contribution in [-0.4, -0.2) is 11.1 Å². The molecule has 102 valence electrons. The van der Waals surface area contributed by atoms with Gasteiger partial charge in [-0.1, -0.05) is 66.7 Å². The van der Waals surface area contributed by atoms with Gasteiger partial charge in [0.15, 0.2) is 0 Å². The highest BCUT2D eigenvalue weighted by molar-refractivity contribution is 5.88. The summed E-state index contributed by atoms with van der Waals surface area (Å²) in [5.74, 6) is -0.903. The van der Waals surface area contributed by atoms with Crippen molar-refractivity contribution < 1.29 is 9.90 Å². The van der Waals surface area contributed by atoms with Gasteiger partial charge in [-0.3, -0.25) is 0 Å². The number of hydrogen-bond acceptors (Lipinski definition) is 1. The van der Waals surface area contributed by atoms with Gasteiger partial charge >= 0.3 is 5.97 Å². The number of carboxylic acid groups (broad SMARTS) is 1. The minimum Gasteiger partial charge on any atom is -0.478 e. The van der Waals surface area contributed by atoms with Gasteiger partial charge < -0.3 is 5.11 Å². The molecule has 0 amide bonds. The maximum Gasteiger partial charge on any atom is 0.335 e. The number of aromatic carboxylic acids is 1. The predicted molar refractivity (Wildman–Crippen MR) is 85.4 cm³/mol. The molecule has 2 nitrogen and oxygen atoms in total. The zero-order chi connectivity index (χ0) is 14.7. The molecule has 0 saturated heterocycles. The van der Waals surface area contributed by atoms with E-state index < -0.39 is 5.97 Å². The van der Waals surface area contributed by atoms with Gasteiger partial charge in [-0.05, 0) is 34.4 Å². The summed E-state index contributed by atoms with van der Waals surface area (Å²) in [6.45, 7) is 0. The standard InChI is InChI=1S/C19H14O2/c20-19(21)17-10-7-14(8-11-17)6-9-16-13-12-15-4-2-1-3-5-18(15)16/h1-13H,(H,20,21)/b9-6+. The largest absolute Gasteiger partial charge is 0.478 e. The van der Waals surface area contributed by atoms with Crippen molar-refractivity contribution in [2.24, 2.45) is 0 Å². The van der Waals surface area contributed by atoms with E-state index in [1.54, 1.807) is 12.1 Å². The molecule has 21 heavy (non-hydrogen) atoms. The molecule has 0 heterocycles. The monoisotopic (exact) mass is 274 g/mol. The van der Waals surface area contributed by atoms with Crippen LogP contribution in [0.25, 0.3) is 23.3 Å². The van der Waals surface area contributed by atoms with Crippen LogP contribution in [0, 0.1) is 0 Å². The maximum absolute atomic E-state index is 10.8. The van der Waals surface area contributed by atoms with Gasteiger partial charge in [0, 0.05) is 0 Å². The highest BCUT2D eigenvalue weighted by Gasteiger charge is 2.04. The van der Waals surface area contributed by atoms with Crippen molar-refractivity contribution in [3.63, 3.8) is 0 Å². The molecule has 0 saturated carbocycles. The van der Waals surface area contributed by atoms with E-state index >= 15 is 0 Å². The molecule has 0 unspecified atom stereocenters. The Bertz CT molecular complexity index is 770. The first kappa shape index (κ1) is 13.1. The van der Waals surface area contributed by atoms with Crippen molar-refractivity contribution in [2.75, 3.05) is 0 Å². The van der Waals surface area contributed by atoms with Crippen LogP contribution in [0.2, 0.25) is 0 Å². The first-order chi connectivity index (χ1) is 10.2. The molecule has 1 aromatic rings. The third-order valence-electron chi connectivity index (χ3n) is 3.44. The topological polar surface area (TPSA) is 37.3 Å². The van der Waals surface area contributed by atoms with Crippen molar-refractivity contribution in [2.45, 2.75) is 0 Å². The lowest BCUT2D eigenvalue weighted by Crippen LogP contribution is -1.94. The molecule has 3 rings (SSSR count). The zero-order valence-corrected chi connectivity index (χ0v) is 11.4. The Morgan fingerprint density at radius 3 is 2.33 bits per heavy atom. The first-order valence-electron chi connectivity index (χ1n) is 6.73. The number of hydrogen-bond donors (Lipinski definition) is 1. The average Bonchev–Trinajstić information content (AvgIpc) is 2.72. The summed E-state index contributed by atoms with van der Waals surface area (Å²) < 4.78 is 0. The molecule has 2 aliphatic rings. The van der Waals surface area contributed by atoms with E-state index in [2.05, 4.69) is 30.3 Å².